The third kappa shape index (κ3) is 14.3. The number of aromatic nitrogens is 4. The summed E-state index contributed by atoms with van der Waals surface area (Å²) in [5, 5.41) is 43.9. The average Bonchev–Trinajstić information content (AvgIpc) is 3.63. The Labute approximate surface area is 326 Å². The summed E-state index contributed by atoms with van der Waals surface area (Å²) in [6.45, 7) is 1.02. The predicted molar refractivity (Wildman–Crippen MR) is 190 cm³/mol. The minimum Gasteiger partial charge on any atom is -0.481 e. The molecule has 1 saturated heterocycles. The fourth-order valence-corrected chi connectivity index (χ4v) is 8.40. The van der Waals surface area contributed by atoms with Crippen LogP contribution < -0.4 is 16.4 Å². The summed E-state index contributed by atoms with van der Waals surface area (Å²) in [4.78, 5) is 98.1. The molecule has 0 saturated carbocycles. The highest BCUT2D eigenvalue weighted by Crippen LogP contribution is 2.61. The van der Waals surface area contributed by atoms with Crippen LogP contribution in [0.1, 0.15) is 39.8 Å². The van der Waals surface area contributed by atoms with Crippen molar-refractivity contribution in [3.63, 3.8) is 0 Å². The number of aliphatic hydroxyl groups is 3. The lowest BCUT2D eigenvalue weighted by Crippen LogP contribution is -2.46. The molecule has 1 fully saturated rings. The second-order valence-corrected chi connectivity index (χ2v) is 18.4. The Balaban J connectivity index is 1.49. The lowest BCUT2D eigenvalue weighted by Gasteiger charge is -2.30. The maximum absolute atomic E-state index is 12.7. The number of imidazole rings is 1. The van der Waals surface area contributed by atoms with E-state index < -0.39 is 108 Å². The van der Waals surface area contributed by atoms with Crippen LogP contribution in [0.2, 0.25) is 0 Å². The maximum atomic E-state index is 12.7. The Morgan fingerprint density at radius 2 is 1.68 bits per heavy atom. The van der Waals surface area contributed by atoms with E-state index in [2.05, 4.69) is 34.4 Å². The number of nitrogen functional groups attached to an aromatic ring is 1. The molecule has 0 bridgehead atoms. The Bertz CT molecular complexity index is 1930. The molecule has 0 aliphatic carbocycles. The van der Waals surface area contributed by atoms with Gasteiger partial charge in [-0.25, -0.2) is 28.6 Å². The molecular weight excluding hydrogens is 855 g/mol. The van der Waals surface area contributed by atoms with Crippen molar-refractivity contribution >= 4 is 75.1 Å². The fourth-order valence-electron chi connectivity index (χ4n) is 4.80. The number of aliphatic hydroxyl groups excluding tert-OH is 2. The van der Waals surface area contributed by atoms with Gasteiger partial charge < -0.3 is 61.1 Å². The first kappa shape index (κ1) is 48.4. The van der Waals surface area contributed by atoms with Gasteiger partial charge in [0.1, 0.15) is 41.9 Å². The number of nitrogens with two attached hydrogens (primary N) is 1. The molecule has 2 unspecified atom stereocenters. The number of amides is 2. The number of anilines is 1. The van der Waals surface area contributed by atoms with Crippen LogP contribution in [0.5, 0.6) is 0 Å². The number of aliphatic carboxylic acids is 1. The summed E-state index contributed by atoms with van der Waals surface area (Å²) in [7, 11) is -16.5. The molecule has 0 aromatic carbocycles. The van der Waals surface area contributed by atoms with E-state index in [1.807, 2.05) is 0 Å². The standard InChI is InChI=1S/C26H42N7O20P3S/c1-25(2,19(38)22(39)29-5-4-14(34)28-6-7-57-24(40)26(3,41)8-15(35)36)10-50-56(47,48)53-55(45,46)49-9-13-18(52-54(42,43)44)17(37)23(51-13)33-12-32-16-20(27)30-11-31-21(16)33/h11-13,17-19,23,37-38,41H,4-10H2,1-3H3,(H,28,34)(H,29,39)(H,35,36)(H,45,46)(H,47,48)(H2,27,30,31)(H2,42,43,44)/t13-,17-,18-,19+,23-,26-/m1/s1. The van der Waals surface area contributed by atoms with E-state index in [1.54, 1.807) is 0 Å². The molecule has 8 atom stereocenters. The Kier molecular flexibility index (Phi) is 16.4. The van der Waals surface area contributed by atoms with Gasteiger partial charge in [0.25, 0.3) is 0 Å². The predicted octanol–water partition coefficient (Wildman–Crippen LogP) is -2.11. The Morgan fingerprint density at radius 3 is 2.32 bits per heavy atom. The van der Waals surface area contributed by atoms with Gasteiger partial charge in [0.2, 0.25) is 16.9 Å². The second-order valence-electron chi connectivity index (χ2n) is 13.0. The number of hydrogen-bond acceptors (Lipinski definition) is 20. The number of thioether (sulfide) groups is 1. The molecule has 27 nitrogen and oxygen atoms in total. The monoisotopic (exact) mass is 897 g/mol. The van der Waals surface area contributed by atoms with Gasteiger partial charge in [-0.05, 0) is 6.92 Å². The zero-order chi connectivity index (χ0) is 43.1. The third-order valence-electron chi connectivity index (χ3n) is 7.67. The summed E-state index contributed by atoms with van der Waals surface area (Å²) in [5.74, 6) is -3.06. The molecular formula is C26H42N7O20P3S. The molecule has 2 aromatic heterocycles. The van der Waals surface area contributed by atoms with Crippen molar-refractivity contribution in [2.45, 2.75) is 69.9 Å². The van der Waals surface area contributed by atoms with Crippen molar-refractivity contribution in [1.29, 1.82) is 0 Å². The first-order valence-electron chi connectivity index (χ1n) is 16.1. The SMILES string of the molecule is CC(C)(COP(=O)(O)OP(=O)(O)OC[C@H]1O[C@@H](n2cnc3c(N)ncnc32)[C@H](O)[C@@H]1OP(=O)(O)O)[C@@H](O)C(=O)NCCC(=O)NCCSC(=O)[C@](C)(O)CC(=O)O. The highest BCUT2D eigenvalue weighted by molar-refractivity contribution is 8.13. The Morgan fingerprint density at radius 1 is 1.04 bits per heavy atom. The van der Waals surface area contributed by atoms with E-state index in [-0.39, 0.29) is 42.2 Å². The maximum Gasteiger partial charge on any atom is 0.481 e. The van der Waals surface area contributed by atoms with Crippen molar-refractivity contribution in [3.8, 4) is 0 Å². The van der Waals surface area contributed by atoms with E-state index in [9.17, 15) is 67.8 Å². The number of fused-ring (bicyclic) bond motifs is 1. The van der Waals surface area contributed by atoms with E-state index >= 15 is 0 Å². The third-order valence-corrected chi connectivity index (χ3v) is 11.9. The molecule has 1 aliphatic heterocycles. The van der Waals surface area contributed by atoms with Crippen LogP contribution in [-0.4, -0.2) is 144 Å². The van der Waals surface area contributed by atoms with Crippen molar-refractivity contribution in [2.75, 3.05) is 37.8 Å². The highest BCUT2D eigenvalue weighted by Gasteiger charge is 2.50. The summed E-state index contributed by atoms with van der Waals surface area (Å²) in [5.41, 5.74) is 2.06. The molecule has 57 heavy (non-hydrogen) atoms. The van der Waals surface area contributed by atoms with E-state index in [1.165, 1.54) is 13.8 Å². The quantitative estimate of drug-likeness (QED) is 0.0445. The molecule has 2 aromatic rings. The number of carboxylic acid groups (broad SMARTS) is 1. The van der Waals surface area contributed by atoms with Gasteiger partial charge in [0.05, 0.1) is 26.0 Å². The number of ether oxygens (including phenoxy) is 1. The van der Waals surface area contributed by atoms with Crippen LogP contribution in [0.3, 0.4) is 0 Å². The van der Waals surface area contributed by atoms with Crippen LogP contribution in [0.4, 0.5) is 5.82 Å². The molecule has 1 aliphatic rings. The van der Waals surface area contributed by atoms with Crippen LogP contribution in [0.15, 0.2) is 12.7 Å². The second kappa shape index (κ2) is 19.4. The molecule has 2 amide bonds. The number of phosphoric ester groups is 3. The van der Waals surface area contributed by atoms with Gasteiger partial charge in [0, 0.05) is 30.7 Å². The summed E-state index contributed by atoms with van der Waals surface area (Å²) >= 11 is 0.606. The zero-order valence-corrected chi connectivity index (χ0v) is 33.6. The number of carbonyl (C=O) groups is 4. The van der Waals surface area contributed by atoms with Gasteiger partial charge in [-0.2, -0.15) is 4.31 Å². The summed E-state index contributed by atoms with van der Waals surface area (Å²) < 4.78 is 61.9. The molecule has 322 valence electrons. The normalized spacial score (nSPS) is 22.6. The summed E-state index contributed by atoms with van der Waals surface area (Å²) in [6, 6.07) is 0. The van der Waals surface area contributed by atoms with Crippen molar-refractivity contribution in [3.05, 3.63) is 12.7 Å². The minimum atomic E-state index is -5.60. The van der Waals surface area contributed by atoms with E-state index in [0.29, 0.717) is 11.8 Å². The fraction of sp³-hybridized carbons (Fsp3) is 0.654. The van der Waals surface area contributed by atoms with Gasteiger partial charge in [0.15, 0.2) is 17.7 Å². The van der Waals surface area contributed by atoms with Crippen LogP contribution in [0, 0.1) is 5.41 Å². The number of rotatable bonds is 22. The van der Waals surface area contributed by atoms with Crippen molar-refractivity contribution < 1.29 is 95.5 Å². The molecule has 0 radical (unpaired) electrons. The number of carbonyl (C=O) groups excluding carboxylic acids is 3. The van der Waals surface area contributed by atoms with Crippen LogP contribution in [-0.2, 0) is 55.5 Å². The van der Waals surface area contributed by atoms with Crippen LogP contribution >= 0.6 is 35.2 Å². The van der Waals surface area contributed by atoms with Crippen molar-refractivity contribution in [2.24, 2.45) is 5.41 Å². The number of carboxylic acids is 1. The number of nitrogens with zero attached hydrogens (tertiary/aromatic N) is 4. The first-order chi connectivity index (χ1) is 26.1. The molecule has 0 spiro atoms. The molecule has 3 heterocycles. The van der Waals surface area contributed by atoms with Gasteiger partial charge in [-0.1, -0.05) is 25.6 Å². The van der Waals surface area contributed by atoms with E-state index in [0.717, 1.165) is 24.1 Å². The first-order valence-corrected chi connectivity index (χ1v) is 21.7. The lowest BCUT2D eigenvalue weighted by atomic mass is 9.87. The van der Waals surface area contributed by atoms with Gasteiger partial charge >= 0.3 is 29.4 Å². The number of nitrogens with one attached hydrogen (secondary N) is 2. The largest absolute Gasteiger partial charge is 0.481 e. The Hall–Kier alpha value is -3.01. The van der Waals surface area contributed by atoms with E-state index in [4.69, 9.17) is 24.6 Å². The zero-order valence-electron chi connectivity index (χ0n) is 30.1. The number of phosphoric acid groups is 3. The van der Waals surface area contributed by atoms with Crippen molar-refractivity contribution in [1.82, 2.24) is 30.2 Å². The average molecular weight is 898 g/mol. The summed E-state index contributed by atoms with van der Waals surface area (Å²) in [6.07, 6.45) is -8.02. The number of hydrogen-bond donors (Lipinski definition) is 11. The molecule has 12 N–H and O–H groups in total. The van der Waals surface area contributed by atoms with Crippen LogP contribution in [0.25, 0.3) is 11.2 Å². The van der Waals surface area contributed by atoms with Gasteiger partial charge in [-0.15, -0.1) is 0 Å². The topological polar surface area (TPSA) is 421 Å². The minimum absolute atomic E-state index is 0.00200. The smallest absolute Gasteiger partial charge is 0.481 e. The highest BCUT2D eigenvalue weighted by atomic mass is 32.2. The lowest BCUT2D eigenvalue weighted by molar-refractivity contribution is -0.146. The van der Waals surface area contributed by atoms with Gasteiger partial charge in [-0.3, -0.25) is 37.3 Å². The molecule has 3 rings (SSSR count). The molecule has 31 heteroatoms.